The maximum atomic E-state index is 13.7. The van der Waals surface area contributed by atoms with E-state index in [0.29, 0.717) is 50.4 Å². The van der Waals surface area contributed by atoms with E-state index in [1.54, 1.807) is 18.2 Å². The van der Waals surface area contributed by atoms with Gasteiger partial charge < -0.3 is 14.8 Å². The molecule has 0 spiro atoms. The highest BCUT2D eigenvalue weighted by atomic mass is 19.1. The molecule has 6 heteroatoms. The van der Waals surface area contributed by atoms with Crippen LogP contribution in [0.15, 0.2) is 54.7 Å². The molecule has 174 valence electrons. The van der Waals surface area contributed by atoms with E-state index in [-0.39, 0.29) is 23.5 Å². The number of benzene rings is 2. The van der Waals surface area contributed by atoms with Crippen molar-refractivity contribution in [1.29, 1.82) is 0 Å². The smallest absolute Gasteiger partial charge is 0.256 e. The number of piperidine rings is 1. The second-order valence-corrected chi connectivity index (χ2v) is 9.31. The van der Waals surface area contributed by atoms with Crippen LogP contribution < -0.4 is 5.32 Å². The number of carbonyl (C=O) groups is 2. The van der Waals surface area contributed by atoms with Crippen LogP contribution in [0.3, 0.4) is 0 Å². The normalized spacial score (nSPS) is 14.7. The number of carbonyl (C=O) groups excluding carboxylic acids is 2. The van der Waals surface area contributed by atoms with Crippen molar-refractivity contribution in [3.05, 3.63) is 71.7 Å². The van der Waals surface area contributed by atoms with Crippen LogP contribution in [0.2, 0.25) is 0 Å². The van der Waals surface area contributed by atoms with Gasteiger partial charge in [0.25, 0.3) is 5.91 Å². The molecule has 0 saturated carbocycles. The Morgan fingerprint density at radius 1 is 1.06 bits per heavy atom. The molecule has 0 unspecified atom stereocenters. The summed E-state index contributed by atoms with van der Waals surface area (Å²) < 4.78 is 15.9. The van der Waals surface area contributed by atoms with Gasteiger partial charge in [-0.1, -0.05) is 50.2 Å². The lowest BCUT2D eigenvalue weighted by molar-refractivity contribution is -0.126. The topological polar surface area (TPSA) is 54.3 Å². The maximum Gasteiger partial charge on any atom is 0.256 e. The zero-order valence-corrected chi connectivity index (χ0v) is 19.4. The first-order valence-corrected chi connectivity index (χ1v) is 11.8. The average Bonchev–Trinajstić information content (AvgIpc) is 3.18. The van der Waals surface area contributed by atoms with Crippen LogP contribution in [0.1, 0.15) is 42.6 Å². The van der Waals surface area contributed by atoms with Crippen molar-refractivity contribution in [1.82, 2.24) is 14.8 Å². The van der Waals surface area contributed by atoms with Crippen molar-refractivity contribution in [2.75, 3.05) is 19.6 Å². The molecule has 0 radical (unpaired) electrons. The first-order chi connectivity index (χ1) is 15.9. The first kappa shape index (κ1) is 23.0. The van der Waals surface area contributed by atoms with E-state index in [1.165, 1.54) is 6.07 Å². The van der Waals surface area contributed by atoms with Gasteiger partial charge in [0.1, 0.15) is 5.82 Å². The molecule has 33 heavy (non-hydrogen) atoms. The zero-order valence-electron chi connectivity index (χ0n) is 19.4. The molecule has 5 nitrogen and oxygen atoms in total. The van der Waals surface area contributed by atoms with Crippen LogP contribution in [0.25, 0.3) is 10.9 Å². The van der Waals surface area contributed by atoms with E-state index in [2.05, 4.69) is 29.8 Å². The summed E-state index contributed by atoms with van der Waals surface area (Å²) in [7, 11) is 0. The Hall–Kier alpha value is -3.15. The molecule has 2 aromatic carbocycles. The van der Waals surface area contributed by atoms with Crippen LogP contribution in [0.4, 0.5) is 4.39 Å². The molecule has 0 atom stereocenters. The van der Waals surface area contributed by atoms with Crippen molar-refractivity contribution in [2.24, 2.45) is 11.8 Å². The molecule has 1 fully saturated rings. The fourth-order valence-corrected chi connectivity index (χ4v) is 4.64. The number of nitrogens with one attached hydrogen (secondary N) is 1. The number of hydrogen-bond donors (Lipinski definition) is 1. The molecule has 0 aliphatic carbocycles. The van der Waals surface area contributed by atoms with Gasteiger partial charge in [-0.15, -0.1) is 0 Å². The van der Waals surface area contributed by atoms with Crippen molar-refractivity contribution in [3.63, 3.8) is 0 Å². The fraction of sp³-hybridized carbons (Fsp3) is 0.407. The molecule has 2 heterocycles. The van der Waals surface area contributed by atoms with E-state index in [9.17, 15) is 14.0 Å². The first-order valence-electron chi connectivity index (χ1n) is 11.8. The quantitative estimate of drug-likeness (QED) is 0.571. The lowest BCUT2D eigenvalue weighted by Crippen LogP contribution is -2.43. The third-order valence-electron chi connectivity index (χ3n) is 6.39. The Balaban J connectivity index is 1.34. The van der Waals surface area contributed by atoms with Gasteiger partial charge in [0.15, 0.2) is 0 Å². The molecular formula is C27H32FN3O2. The van der Waals surface area contributed by atoms with Gasteiger partial charge in [-0.2, -0.15) is 0 Å². The summed E-state index contributed by atoms with van der Waals surface area (Å²) in [5.74, 6) is 0.153. The van der Waals surface area contributed by atoms with E-state index < -0.39 is 0 Å². The Kier molecular flexibility index (Phi) is 7.11. The predicted molar refractivity (Wildman–Crippen MR) is 129 cm³/mol. The summed E-state index contributed by atoms with van der Waals surface area (Å²) in [5.41, 5.74) is 2.42. The molecule has 4 rings (SSSR count). The number of likely N-dealkylation sites (tertiary alicyclic amines) is 1. The van der Waals surface area contributed by atoms with Crippen molar-refractivity contribution < 1.29 is 14.0 Å². The highest BCUT2D eigenvalue weighted by Crippen LogP contribution is 2.26. The molecule has 1 aromatic heterocycles. The molecule has 0 bridgehead atoms. The van der Waals surface area contributed by atoms with Crippen LogP contribution in [-0.4, -0.2) is 40.9 Å². The lowest BCUT2D eigenvalue weighted by atomic mass is 9.95. The lowest BCUT2D eigenvalue weighted by Gasteiger charge is -2.31. The second-order valence-electron chi connectivity index (χ2n) is 9.31. The minimum atomic E-state index is -0.242. The van der Waals surface area contributed by atoms with Gasteiger partial charge in [-0.25, -0.2) is 4.39 Å². The van der Waals surface area contributed by atoms with E-state index in [1.807, 2.05) is 29.3 Å². The predicted octanol–water partition coefficient (Wildman–Crippen LogP) is 4.65. The van der Waals surface area contributed by atoms with Gasteiger partial charge in [0, 0.05) is 49.2 Å². The van der Waals surface area contributed by atoms with Gasteiger partial charge in [-0.3, -0.25) is 9.59 Å². The molecule has 1 N–H and O–H groups in total. The van der Waals surface area contributed by atoms with E-state index >= 15 is 0 Å². The van der Waals surface area contributed by atoms with E-state index in [0.717, 1.165) is 23.0 Å². The monoisotopic (exact) mass is 449 g/mol. The maximum absolute atomic E-state index is 13.7. The molecule has 1 aliphatic heterocycles. The second kappa shape index (κ2) is 10.2. The van der Waals surface area contributed by atoms with Crippen molar-refractivity contribution in [3.8, 4) is 0 Å². The number of halogens is 1. The standard InChI is InChI=1S/C27H32FN3O2/c1-19(2)17-31-18-23(22-8-4-6-10-25(22)31)27(33)30-15-12-21(13-16-30)26(32)29-14-11-20-7-3-5-9-24(20)28/h3-10,18-19,21H,11-17H2,1-2H3,(H,29,32). The number of fused-ring (bicyclic) bond motifs is 1. The zero-order chi connectivity index (χ0) is 23.4. The van der Waals surface area contributed by atoms with Crippen LogP contribution in [0, 0.1) is 17.7 Å². The molecule has 1 saturated heterocycles. The Morgan fingerprint density at radius 2 is 1.76 bits per heavy atom. The van der Waals surface area contributed by atoms with Gasteiger partial charge in [-0.05, 0) is 42.9 Å². The SMILES string of the molecule is CC(C)Cn1cc(C(=O)N2CCC(C(=O)NCCc3ccccc3F)CC2)c2ccccc21. The number of hydrogen-bond acceptors (Lipinski definition) is 2. The van der Waals surface area contributed by atoms with Crippen molar-refractivity contribution in [2.45, 2.75) is 39.7 Å². The van der Waals surface area contributed by atoms with Crippen LogP contribution in [0.5, 0.6) is 0 Å². The summed E-state index contributed by atoms with van der Waals surface area (Å²) in [6.07, 6.45) is 3.73. The minimum Gasteiger partial charge on any atom is -0.356 e. The summed E-state index contributed by atoms with van der Waals surface area (Å²) in [5, 5.41) is 3.92. The number of aromatic nitrogens is 1. The largest absolute Gasteiger partial charge is 0.356 e. The molecule has 3 aromatic rings. The van der Waals surface area contributed by atoms with Crippen LogP contribution >= 0.6 is 0 Å². The average molecular weight is 450 g/mol. The molecule has 2 amide bonds. The highest BCUT2D eigenvalue weighted by Gasteiger charge is 2.29. The Bertz CT molecular complexity index is 1130. The number of rotatable bonds is 7. The van der Waals surface area contributed by atoms with Crippen molar-refractivity contribution >= 4 is 22.7 Å². The Labute approximate surface area is 194 Å². The third kappa shape index (κ3) is 5.27. The highest BCUT2D eigenvalue weighted by molar-refractivity contribution is 6.07. The minimum absolute atomic E-state index is 0.00743. The summed E-state index contributed by atoms with van der Waals surface area (Å²) in [6, 6.07) is 14.7. The number of nitrogens with zero attached hydrogens (tertiary/aromatic N) is 2. The summed E-state index contributed by atoms with van der Waals surface area (Å²) in [6.45, 7) is 6.74. The van der Waals surface area contributed by atoms with Gasteiger partial charge in [0.05, 0.1) is 5.56 Å². The van der Waals surface area contributed by atoms with E-state index in [4.69, 9.17) is 0 Å². The van der Waals surface area contributed by atoms with Gasteiger partial charge in [0.2, 0.25) is 5.91 Å². The summed E-state index contributed by atoms with van der Waals surface area (Å²) >= 11 is 0. The number of para-hydroxylation sites is 1. The summed E-state index contributed by atoms with van der Waals surface area (Å²) in [4.78, 5) is 27.8. The number of amides is 2. The molecular weight excluding hydrogens is 417 g/mol. The third-order valence-corrected chi connectivity index (χ3v) is 6.39. The molecule has 1 aliphatic rings. The van der Waals surface area contributed by atoms with Crippen LogP contribution in [-0.2, 0) is 17.8 Å². The van der Waals surface area contributed by atoms with Gasteiger partial charge >= 0.3 is 0 Å². The fourth-order valence-electron chi connectivity index (χ4n) is 4.64. The Morgan fingerprint density at radius 3 is 2.48 bits per heavy atom.